The quantitative estimate of drug-likeness (QED) is 0.204. The van der Waals surface area contributed by atoms with Gasteiger partial charge in [0.25, 0.3) is 5.91 Å². The van der Waals surface area contributed by atoms with Crippen molar-refractivity contribution in [2.75, 3.05) is 37.0 Å². The van der Waals surface area contributed by atoms with Gasteiger partial charge in [0, 0.05) is 36.8 Å². The Morgan fingerprint density at radius 2 is 1.87 bits per heavy atom. The maximum atomic E-state index is 14.4. The fraction of sp³-hybridized carbons (Fsp3) is 0.486. The summed E-state index contributed by atoms with van der Waals surface area (Å²) in [7, 11) is 1.64. The Hall–Kier alpha value is -3.73. The number of anilines is 2. The van der Waals surface area contributed by atoms with E-state index in [0.717, 1.165) is 50.1 Å². The fourth-order valence-electron chi connectivity index (χ4n) is 6.14. The van der Waals surface area contributed by atoms with Crippen molar-refractivity contribution in [3.8, 4) is 5.75 Å². The third kappa shape index (κ3) is 8.74. The molecule has 2 fully saturated rings. The van der Waals surface area contributed by atoms with Crippen molar-refractivity contribution in [2.24, 2.45) is 11.3 Å². The lowest BCUT2D eigenvalue weighted by Gasteiger charge is -2.39. The molecule has 46 heavy (non-hydrogen) atoms. The predicted octanol–water partition coefficient (Wildman–Crippen LogP) is 7.85. The van der Waals surface area contributed by atoms with Crippen molar-refractivity contribution >= 4 is 39.7 Å². The summed E-state index contributed by atoms with van der Waals surface area (Å²) >= 11 is 3.22. The zero-order valence-corrected chi connectivity index (χ0v) is 28.6. The zero-order valence-electron chi connectivity index (χ0n) is 27.0. The van der Waals surface area contributed by atoms with Crippen LogP contribution in [0, 0.1) is 17.2 Å². The number of aromatic nitrogens is 2. The average molecular weight is 697 g/mol. The summed E-state index contributed by atoms with van der Waals surface area (Å²) in [4.78, 5) is 38.8. The van der Waals surface area contributed by atoms with Crippen molar-refractivity contribution in [2.45, 2.75) is 71.4 Å². The minimum absolute atomic E-state index is 0.0696. The summed E-state index contributed by atoms with van der Waals surface area (Å²) in [5.41, 5.74) is 0.852. The lowest BCUT2D eigenvalue weighted by molar-refractivity contribution is 0.00655. The van der Waals surface area contributed by atoms with Gasteiger partial charge in [-0.3, -0.25) is 4.79 Å². The molecule has 246 valence electrons. The lowest BCUT2D eigenvalue weighted by Crippen LogP contribution is -2.46. The van der Waals surface area contributed by atoms with E-state index in [1.165, 1.54) is 25.0 Å². The van der Waals surface area contributed by atoms with Crippen LogP contribution in [0.5, 0.6) is 5.75 Å². The molecule has 0 bridgehead atoms. The van der Waals surface area contributed by atoms with Crippen molar-refractivity contribution < 1.29 is 23.5 Å². The summed E-state index contributed by atoms with van der Waals surface area (Å²) in [5.74, 6) is 0.783. The molecule has 2 heterocycles. The Kier molecular flexibility index (Phi) is 10.5. The first-order chi connectivity index (χ1) is 21.9. The first-order valence-corrected chi connectivity index (χ1v) is 16.7. The third-order valence-electron chi connectivity index (χ3n) is 8.84. The number of hydrogen-bond donors (Lipinski definition) is 1. The molecule has 1 N–H and O–H groups in total. The van der Waals surface area contributed by atoms with Crippen LogP contribution in [0.25, 0.3) is 0 Å². The minimum atomic E-state index is -0.623. The smallest absolute Gasteiger partial charge is 0.410 e. The maximum absolute atomic E-state index is 14.4. The first-order valence-electron chi connectivity index (χ1n) is 15.9. The van der Waals surface area contributed by atoms with Gasteiger partial charge in [-0.1, -0.05) is 34.5 Å². The first kappa shape index (κ1) is 33.6. The number of benzene rings is 2. The minimum Gasteiger partial charge on any atom is -0.497 e. The topological polar surface area (TPSA) is 96.9 Å². The zero-order chi connectivity index (χ0) is 32.9. The predicted molar refractivity (Wildman–Crippen MR) is 180 cm³/mol. The van der Waals surface area contributed by atoms with Crippen molar-refractivity contribution in [3.63, 3.8) is 0 Å². The molecule has 2 aromatic carbocycles. The molecule has 1 saturated carbocycles. The van der Waals surface area contributed by atoms with E-state index in [4.69, 9.17) is 9.47 Å². The molecule has 11 heteroatoms. The van der Waals surface area contributed by atoms with Crippen LogP contribution >= 0.6 is 15.9 Å². The molecule has 1 aliphatic carbocycles. The Morgan fingerprint density at radius 1 is 1.11 bits per heavy atom. The fourth-order valence-corrected chi connectivity index (χ4v) is 6.48. The van der Waals surface area contributed by atoms with Crippen LogP contribution in [0.4, 0.5) is 21.0 Å². The second-order valence-electron chi connectivity index (χ2n) is 13.3. The van der Waals surface area contributed by atoms with Gasteiger partial charge in [0.2, 0.25) is 5.95 Å². The molecule has 1 aromatic heterocycles. The number of nitrogens with one attached hydrogen (secondary N) is 1. The number of nitrogens with zero attached hydrogens (tertiary/aromatic N) is 4. The molecule has 2 aliphatic rings. The highest BCUT2D eigenvalue weighted by Gasteiger charge is 2.52. The van der Waals surface area contributed by atoms with Crippen molar-refractivity contribution in [3.05, 3.63) is 76.1 Å². The number of hydrogen-bond acceptors (Lipinski definition) is 7. The van der Waals surface area contributed by atoms with Crippen LogP contribution in [-0.2, 0) is 11.3 Å². The van der Waals surface area contributed by atoms with Gasteiger partial charge in [0.15, 0.2) is 0 Å². The molecule has 5 rings (SSSR count). The van der Waals surface area contributed by atoms with Crippen LogP contribution in [0.15, 0.2) is 59.2 Å². The van der Waals surface area contributed by atoms with Crippen LogP contribution in [0.1, 0.15) is 75.2 Å². The Morgan fingerprint density at radius 3 is 2.54 bits per heavy atom. The number of amides is 2. The van der Waals surface area contributed by atoms with Crippen LogP contribution in [0.2, 0.25) is 0 Å². The van der Waals surface area contributed by atoms with Gasteiger partial charge in [0.05, 0.1) is 12.7 Å². The van der Waals surface area contributed by atoms with Gasteiger partial charge in [-0.15, -0.1) is 0 Å². The highest BCUT2D eigenvalue weighted by Crippen LogP contribution is 2.58. The summed E-state index contributed by atoms with van der Waals surface area (Å²) in [6.45, 7) is 8.48. The third-order valence-corrected chi connectivity index (χ3v) is 9.33. The van der Waals surface area contributed by atoms with Crippen LogP contribution in [0.3, 0.4) is 0 Å². The molecule has 1 atom stereocenters. The number of carbonyl (C=O) groups excluding carboxylic acids is 2. The molecule has 0 radical (unpaired) electrons. The summed E-state index contributed by atoms with van der Waals surface area (Å²) < 4.78 is 26.0. The highest BCUT2D eigenvalue weighted by molar-refractivity contribution is 9.10. The molecule has 1 aliphatic heterocycles. The number of ether oxygens (including phenoxy) is 2. The van der Waals surface area contributed by atoms with Crippen molar-refractivity contribution in [1.82, 2.24) is 14.9 Å². The monoisotopic (exact) mass is 695 g/mol. The van der Waals surface area contributed by atoms with Gasteiger partial charge >= 0.3 is 6.09 Å². The second-order valence-corrected chi connectivity index (χ2v) is 14.2. The highest BCUT2D eigenvalue weighted by atomic mass is 79.9. The van der Waals surface area contributed by atoms with Gasteiger partial charge in [0.1, 0.15) is 23.0 Å². The Labute approximate surface area is 279 Å². The second kappa shape index (κ2) is 14.4. The van der Waals surface area contributed by atoms with Crippen molar-refractivity contribution in [1.29, 1.82) is 0 Å². The number of piperidine rings is 1. The van der Waals surface area contributed by atoms with E-state index < -0.39 is 17.3 Å². The molecular weight excluding hydrogens is 653 g/mol. The number of likely N-dealkylation sites (tertiary alicyclic amines) is 1. The normalized spacial score (nSPS) is 17.0. The van der Waals surface area contributed by atoms with Crippen LogP contribution < -0.4 is 15.0 Å². The number of methoxy groups -OCH3 is 1. The number of unbranched alkanes of at least 4 members (excludes halogenated alkanes) is 1. The number of rotatable bonds is 11. The van der Waals surface area contributed by atoms with Gasteiger partial charge in [-0.05, 0) is 106 Å². The van der Waals surface area contributed by atoms with E-state index in [2.05, 4.69) is 36.1 Å². The average Bonchev–Trinajstić information content (AvgIpc) is 3.79. The molecule has 1 spiro atoms. The Balaban J connectivity index is 1.25. The van der Waals surface area contributed by atoms with Gasteiger partial charge < -0.3 is 24.6 Å². The van der Waals surface area contributed by atoms with E-state index in [1.807, 2.05) is 49.9 Å². The Bertz CT molecular complexity index is 1530. The van der Waals surface area contributed by atoms with Gasteiger partial charge in [-0.2, -0.15) is 4.98 Å². The largest absolute Gasteiger partial charge is 0.497 e. The van der Waals surface area contributed by atoms with E-state index in [1.54, 1.807) is 25.4 Å². The van der Waals surface area contributed by atoms with E-state index in [0.29, 0.717) is 34.8 Å². The molecule has 1 saturated heterocycles. The molecule has 3 aromatic rings. The number of carbonyl (C=O) groups is 2. The van der Waals surface area contributed by atoms with E-state index in [9.17, 15) is 14.0 Å². The maximum Gasteiger partial charge on any atom is 0.410 e. The summed E-state index contributed by atoms with van der Waals surface area (Å²) in [6.07, 6.45) is 7.82. The number of halogens is 2. The van der Waals surface area contributed by atoms with E-state index >= 15 is 0 Å². The standard InChI is InChI=1S/C35H43BrFN5O4/c1-34(2,3)46-33(44)42-20-17-35(15-16-35)25(23-42)7-5-6-19-41(22-24-8-11-27(45-4)12-9-24)32-38-18-14-30(40-32)39-31(43)28-13-10-26(36)21-29(28)37/h8-14,18,21,25H,5-7,15-17,19-20,22-23H2,1-4H3,(H,38,39,40,43). The lowest BCUT2D eigenvalue weighted by atomic mass is 9.79. The summed E-state index contributed by atoms with van der Waals surface area (Å²) in [5, 5.41) is 2.72. The molecule has 1 unspecified atom stereocenters. The SMILES string of the molecule is COc1ccc(CN(CCCCC2CN(C(=O)OC(C)(C)C)CCC23CC3)c2nccc(NC(=O)c3ccc(Br)cc3F)n2)cc1. The molecular formula is C35H43BrFN5O4. The van der Waals surface area contributed by atoms with E-state index in [-0.39, 0.29) is 17.5 Å². The van der Waals surface area contributed by atoms with Gasteiger partial charge in [-0.25, -0.2) is 14.2 Å². The molecule has 9 nitrogen and oxygen atoms in total. The molecule has 2 amide bonds. The van der Waals surface area contributed by atoms with Crippen LogP contribution in [-0.4, -0.2) is 59.2 Å². The summed E-state index contributed by atoms with van der Waals surface area (Å²) in [6, 6.07) is 13.8.